The second-order valence-electron chi connectivity index (χ2n) is 4.16. The number of halogens is 1. The molecule has 2 aliphatic heterocycles. The van der Waals surface area contributed by atoms with Crippen molar-refractivity contribution in [1.29, 1.82) is 0 Å². The number of pyridine rings is 1. The lowest BCUT2D eigenvalue weighted by Gasteiger charge is -2.35. The fraction of sp³-hybridized carbons (Fsp3) is 0.545. The zero-order chi connectivity index (χ0) is 11.0. The summed E-state index contributed by atoms with van der Waals surface area (Å²) in [7, 11) is 0. The van der Waals surface area contributed by atoms with E-state index in [1.807, 2.05) is 6.20 Å². The first kappa shape index (κ1) is 10.7. The van der Waals surface area contributed by atoms with Gasteiger partial charge >= 0.3 is 0 Å². The molecule has 1 N–H and O–H groups in total. The summed E-state index contributed by atoms with van der Waals surface area (Å²) in [5.74, 6) is 3.58. The molecule has 0 spiro atoms. The van der Waals surface area contributed by atoms with Crippen LogP contribution in [0.4, 0.5) is 11.5 Å². The Bertz CT molecular complexity index is 399. The first-order valence-corrected chi connectivity index (χ1v) is 7.53. The first-order chi connectivity index (χ1) is 7.84. The summed E-state index contributed by atoms with van der Waals surface area (Å²) in [5, 5.41) is 3.48. The fourth-order valence-electron chi connectivity index (χ4n) is 2.34. The monoisotopic (exact) mass is 299 g/mol. The zero-order valence-corrected chi connectivity index (χ0v) is 11.4. The van der Waals surface area contributed by atoms with Gasteiger partial charge in [-0.3, -0.25) is 0 Å². The summed E-state index contributed by atoms with van der Waals surface area (Å²) >= 11 is 5.54. The summed E-state index contributed by atoms with van der Waals surface area (Å²) in [6, 6.07) is 2.79. The SMILES string of the molecule is Brc1cnc2c(c1)NCCC1CSCCN21. The normalized spacial score (nSPS) is 24.1. The molecule has 1 saturated heterocycles. The Labute approximate surface area is 108 Å². The standard InChI is InChI=1S/C11H14BrN3S/c12-8-5-10-11(14-6-8)15-3-4-16-7-9(15)1-2-13-10/h5-6,9,13H,1-4,7H2. The van der Waals surface area contributed by atoms with Crippen molar-refractivity contribution in [2.45, 2.75) is 12.5 Å². The molecule has 0 saturated carbocycles. The molecule has 5 heteroatoms. The minimum Gasteiger partial charge on any atom is -0.382 e. The Morgan fingerprint density at radius 2 is 2.50 bits per heavy atom. The van der Waals surface area contributed by atoms with Crippen LogP contribution in [-0.2, 0) is 0 Å². The lowest BCUT2D eigenvalue weighted by atomic mass is 10.2. The molecule has 16 heavy (non-hydrogen) atoms. The van der Waals surface area contributed by atoms with E-state index in [4.69, 9.17) is 0 Å². The summed E-state index contributed by atoms with van der Waals surface area (Å²) in [6.07, 6.45) is 3.10. The molecule has 2 aliphatic rings. The number of nitrogens with one attached hydrogen (secondary N) is 1. The lowest BCUT2D eigenvalue weighted by molar-refractivity contribution is 0.619. The van der Waals surface area contributed by atoms with Crippen LogP contribution in [0.2, 0.25) is 0 Å². The van der Waals surface area contributed by atoms with Crippen LogP contribution in [0, 0.1) is 0 Å². The van der Waals surface area contributed by atoms with E-state index < -0.39 is 0 Å². The first-order valence-electron chi connectivity index (χ1n) is 5.58. The van der Waals surface area contributed by atoms with Gasteiger partial charge in [0.1, 0.15) is 0 Å². The highest BCUT2D eigenvalue weighted by atomic mass is 79.9. The molecule has 0 aliphatic carbocycles. The van der Waals surface area contributed by atoms with E-state index >= 15 is 0 Å². The van der Waals surface area contributed by atoms with E-state index in [0.717, 1.165) is 23.4 Å². The number of hydrogen-bond acceptors (Lipinski definition) is 4. The highest BCUT2D eigenvalue weighted by Gasteiger charge is 2.27. The van der Waals surface area contributed by atoms with E-state index in [0.29, 0.717) is 6.04 Å². The maximum atomic E-state index is 4.57. The van der Waals surface area contributed by atoms with Crippen molar-refractivity contribution in [2.75, 3.05) is 34.8 Å². The molecule has 0 aromatic carbocycles. The van der Waals surface area contributed by atoms with Crippen LogP contribution in [0.25, 0.3) is 0 Å². The van der Waals surface area contributed by atoms with Gasteiger partial charge in [0.15, 0.2) is 5.82 Å². The number of aromatic nitrogens is 1. The van der Waals surface area contributed by atoms with Gasteiger partial charge in [0.05, 0.1) is 5.69 Å². The quantitative estimate of drug-likeness (QED) is 0.797. The number of hydrogen-bond donors (Lipinski definition) is 1. The van der Waals surface area contributed by atoms with E-state index in [9.17, 15) is 0 Å². The number of fused-ring (bicyclic) bond motifs is 3. The molecule has 3 heterocycles. The average molecular weight is 300 g/mol. The third kappa shape index (κ3) is 1.91. The van der Waals surface area contributed by atoms with Gasteiger partial charge in [-0.25, -0.2) is 4.98 Å². The minimum atomic E-state index is 0.654. The molecule has 0 amide bonds. The van der Waals surface area contributed by atoms with Gasteiger partial charge in [0.25, 0.3) is 0 Å². The van der Waals surface area contributed by atoms with Crippen molar-refractivity contribution in [3.8, 4) is 0 Å². The van der Waals surface area contributed by atoms with Crippen molar-refractivity contribution in [3.63, 3.8) is 0 Å². The maximum Gasteiger partial charge on any atom is 0.152 e. The number of anilines is 2. The predicted molar refractivity (Wildman–Crippen MR) is 73.5 cm³/mol. The Hall–Kier alpha value is -0.420. The summed E-state index contributed by atoms with van der Waals surface area (Å²) < 4.78 is 1.04. The van der Waals surface area contributed by atoms with Crippen molar-refractivity contribution in [2.24, 2.45) is 0 Å². The summed E-state index contributed by atoms with van der Waals surface area (Å²) in [6.45, 7) is 2.17. The summed E-state index contributed by atoms with van der Waals surface area (Å²) in [4.78, 5) is 7.04. The third-order valence-electron chi connectivity index (χ3n) is 3.13. The highest BCUT2D eigenvalue weighted by Crippen LogP contribution is 2.33. The van der Waals surface area contributed by atoms with Gasteiger partial charge in [0, 0.05) is 41.3 Å². The van der Waals surface area contributed by atoms with Crippen LogP contribution in [-0.4, -0.2) is 35.6 Å². The Balaban J connectivity index is 2.00. The Morgan fingerprint density at radius 3 is 3.44 bits per heavy atom. The van der Waals surface area contributed by atoms with Crippen LogP contribution in [0.5, 0.6) is 0 Å². The molecular formula is C11H14BrN3S. The van der Waals surface area contributed by atoms with Gasteiger partial charge in [-0.2, -0.15) is 11.8 Å². The molecule has 1 atom stereocenters. The van der Waals surface area contributed by atoms with Crippen molar-refractivity contribution in [1.82, 2.24) is 4.98 Å². The molecule has 1 aromatic heterocycles. The van der Waals surface area contributed by atoms with E-state index in [2.05, 4.69) is 49.0 Å². The lowest BCUT2D eigenvalue weighted by Crippen LogP contribution is -2.42. The molecule has 1 aromatic rings. The van der Waals surface area contributed by atoms with Gasteiger partial charge in [-0.15, -0.1) is 0 Å². The third-order valence-corrected chi connectivity index (χ3v) is 4.65. The van der Waals surface area contributed by atoms with Crippen molar-refractivity contribution < 1.29 is 0 Å². The predicted octanol–water partition coefficient (Wildman–Crippen LogP) is 2.58. The minimum absolute atomic E-state index is 0.654. The molecule has 3 nitrogen and oxygen atoms in total. The number of nitrogens with zero attached hydrogens (tertiary/aromatic N) is 2. The Morgan fingerprint density at radius 1 is 1.56 bits per heavy atom. The van der Waals surface area contributed by atoms with E-state index in [1.54, 1.807) is 0 Å². The molecule has 0 bridgehead atoms. The van der Waals surface area contributed by atoms with Gasteiger partial charge in [-0.1, -0.05) is 0 Å². The molecule has 0 radical (unpaired) electrons. The Kier molecular flexibility index (Phi) is 2.98. The van der Waals surface area contributed by atoms with Crippen LogP contribution in [0.3, 0.4) is 0 Å². The van der Waals surface area contributed by atoms with Crippen LogP contribution in [0.1, 0.15) is 6.42 Å². The van der Waals surface area contributed by atoms with Crippen LogP contribution < -0.4 is 10.2 Å². The number of rotatable bonds is 0. The summed E-state index contributed by atoms with van der Waals surface area (Å²) in [5.41, 5.74) is 1.17. The zero-order valence-electron chi connectivity index (χ0n) is 8.95. The van der Waals surface area contributed by atoms with Crippen LogP contribution in [0.15, 0.2) is 16.7 Å². The smallest absolute Gasteiger partial charge is 0.152 e. The second-order valence-corrected chi connectivity index (χ2v) is 6.23. The van der Waals surface area contributed by atoms with Gasteiger partial charge in [0.2, 0.25) is 0 Å². The highest BCUT2D eigenvalue weighted by molar-refractivity contribution is 9.10. The van der Waals surface area contributed by atoms with Crippen molar-refractivity contribution in [3.05, 3.63) is 16.7 Å². The average Bonchev–Trinajstić information content (AvgIpc) is 2.47. The molecule has 3 rings (SSSR count). The molecular weight excluding hydrogens is 286 g/mol. The van der Waals surface area contributed by atoms with E-state index in [-0.39, 0.29) is 0 Å². The topological polar surface area (TPSA) is 28.2 Å². The second kappa shape index (κ2) is 4.45. The molecule has 1 fully saturated rings. The van der Waals surface area contributed by atoms with Crippen molar-refractivity contribution >= 4 is 39.2 Å². The molecule has 86 valence electrons. The van der Waals surface area contributed by atoms with Gasteiger partial charge < -0.3 is 10.2 Å². The number of thioether (sulfide) groups is 1. The van der Waals surface area contributed by atoms with Crippen LogP contribution >= 0.6 is 27.7 Å². The van der Waals surface area contributed by atoms with E-state index in [1.165, 1.54) is 23.6 Å². The largest absolute Gasteiger partial charge is 0.382 e. The van der Waals surface area contributed by atoms with Gasteiger partial charge in [-0.05, 0) is 28.4 Å². The maximum absolute atomic E-state index is 4.57. The fourth-order valence-corrected chi connectivity index (χ4v) is 3.78. The molecule has 1 unspecified atom stereocenters.